The number of hydrogen-bond donors (Lipinski definition) is 0. The molecule has 0 N–H and O–H groups in total. The van der Waals surface area contributed by atoms with E-state index in [-0.39, 0.29) is 0 Å². The zero-order valence-corrected chi connectivity index (χ0v) is 15.7. The molecule has 2 aliphatic carbocycles. The Bertz CT molecular complexity index is 389. The summed E-state index contributed by atoms with van der Waals surface area (Å²) in [5.41, 5.74) is 0.442. The highest BCUT2D eigenvalue weighted by Gasteiger charge is 2.65. The van der Waals surface area contributed by atoms with E-state index < -0.39 is 8.80 Å². The molecule has 0 amide bonds. The Morgan fingerprint density at radius 3 is 2.40 bits per heavy atom. The fourth-order valence-corrected chi connectivity index (χ4v) is 13.4. The normalized spacial score (nSPS) is 35.5. The Kier molecular flexibility index (Phi) is 4.87. The van der Waals surface area contributed by atoms with Gasteiger partial charge < -0.3 is 13.3 Å². The van der Waals surface area contributed by atoms with Crippen molar-refractivity contribution in [3.05, 3.63) is 11.0 Å². The van der Waals surface area contributed by atoms with Crippen LogP contribution in [0.1, 0.15) is 33.6 Å². The topological polar surface area (TPSA) is 27.7 Å². The van der Waals surface area contributed by atoms with Crippen LogP contribution in [0.3, 0.4) is 0 Å². The van der Waals surface area contributed by atoms with Crippen LogP contribution in [0, 0.1) is 5.92 Å². The highest BCUT2D eigenvalue weighted by atomic mass is 33.5. The molecule has 0 aromatic rings. The van der Waals surface area contributed by atoms with E-state index in [1.165, 1.54) is 12.8 Å². The van der Waals surface area contributed by atoms with Gasteiger partial charge in [0, 0.05) is 30.3 Å². The molecule has 3 nitrogen and oxygen atoms in total. The summed E-state index contributed by atoms with van der Waals surface area (Å²) in [7, 11) is 3.37. The fraction of sp³-hybridized carbons (Fsp3) is 0.846. The van der Waals surface area contributed by atoms with E-state index in [0.717, 1.165) is 0 Å². The minimum atomic E-state index is -2.56. The average molecular weight is 351 g/mol. The highest BCUT2D eigenvalue weighted by Crippen LogP contribution is 2.74. The molecule has 1 saturated heterocycles. The minimum Gasteiger partial charge on any atom is -0.374 e. The average Bonchev–Trinajstić information content (AvgIpc) is 3.06. The molecule has 3 atom stereocenters. The van der Waals surface area contributed by atoms with Crippen LogP contribution < -0.4 is 0 Å². The van der Waals surface area contributed by atoms with Gasteiger partial charge in [-0.25, -0.2) is 0 Å². The minimum absolute atomic E-state index is 0.341. The van der Waals surface area contributed by atoms with Crippen LogP contribution in [0.4, 0.5) is 0 Å². The van der Waals surface area contributed by atoms with Gasteiger partial charge in [-0.3, -0.25) is 0 Å². The van der Waals surface area contributed by atoms with Crippen molar-refractivity contribution in [2.24, 2.45) is 5.92 Å². The maximum absolute atomic E-state index is 6.13. The number of hydrogen-bond acceptors (Lipinski definition) is 6. The standard InChI is InChI=1S/C13H22O3S3Si/c1-4-14-20(15-5-2,16-6-3)11-9-13-8-10(11)7-12(13)17-19-18-13/h7,10-11H,4-6,8-9H2,1-3H3. The second kappa shape index (κ2) is 6.18. The van der Waals surface area contributed by atoms with Gasteiger partial charge in [0.15, 0.2) is 0 Å². The quantitative estimate of drug-likeness (QED) is 0.496. The lowest BCUT2D eigenvalue weighted by Gasteiger charge is -2.37. The third-order valence-corrected chi connectivity index (χ3v) is 12.8. The van der Waals surface area contributed by atoms with Gasteiger partial charge in [-0.05, 0) is 60.2 Å². The molecule has 20 heavy (non-hydrogen) atoms. The number of fused-ring (bicyclic) bond motifs is 1. The van der Waals surface area contributed by atoms with Crippen LogP contribution in [0.2, 0.25) is 5.54 Å². The zero-order valence-electron chi connectivity index (χ0n) is 12.2. The van der Waals surface area contributed by atoms with Crippen LogP contribution in [0.25, 0.3) is 0 Å². The molecule has 1 heterocycles. The van der Waals surface area contributed by atoms with Crippen LogP contribution in [-0.4, -0.2) is 33.4 Å². The Hall–Kier alpha value is 0.887. The van der Waals surface area contributed by atoms with Crippen LogP contribution >= 0.6 is 31.4 Å². The van der Waals surface area contributed by atoms with E-state index in [1.54, 1.807) is 4.91 Å². The van der Waals surface area contributed by atoms with E-state index in [9.17, 15) is 0 Å². The van der Waals surface area contributed by atoms with Crippen molar-refractivity contribution in [2.75, 3.05) is 19.8 Å². The smallest absolute Gasteiger partial charge is 0.374 e. The van der Waals surface area contributed by atoms with E-state index in [4.69, 9.17) is 13.3 Å². The Morgan fingerprint density at radius 1 is 1.15 bits per heavy atom. The molecule has 3 unspecified atom stereocenters. The molecule has 1 aliphatic heterocycles. The Balaban J connectivity index is 1.86. The Labute approximate surface area is 134 Å². The summed E-state index contributed by atoms with van der Waals surface area (Å²) in [6.45, 7) is 8.16. The molecule has 3 aliphatic rings. The lowest BCUT2D eigenvalue weighted by atomic mass is 10.1. The number of rotatable bonds is 7. The lowest BCUT2D eigenvalue weighted by molar-refractivity contribution is 0.0579. The summed E-state index contributed by atoms with van der Waals surface area (Å²) in [5.74, 6) is 0.585. The zero-order chi connectivity index (χ0) is 14.2. The monoisotopic (exact) mass is 350 g/mol. The van der Waals surface area contributed by atoms with Gasteiger partial charge in [0.25, 0.3) is 0 Å². The van der Waals surface area contributed by atoms with E-state index >= 15 is 0 Å². The molecule has 1 spiro atoms. The molecule has 0 aromatic heterocycles. The van der Waals surface area contributed by atoms with E-state index in [1.807, 2.05) is 52.2 Å². The maximum Gasteiger partial charge on any atom is 0.504 e. The molecule has 2 bridgehead atoms. The maximum atomic E-state index is 6.13. The van der Waals surface area contributed by atoms with Crippen molar-refractivity contribution < 1.29 is 13.3 Å². The molecule has 3 rings (SSSR count). The van der Waals surface area contributed by atoms with Crippen molar-refractivity contribution in [3.8, 4) is 0 Å². The summed E-state index contributed by atoms with van der Waals surface area (Å²) in [5, 5.41) is 0. The first kappa shape index (κ1) is 15.8. The largest absolute Gasteiger partial charge is 0.504 e. The van der Waals surface area contributed by atoms with Crippen molar-refractivity contribution in [2.45, 2.75) is 43.9 Å². The first-order chi connectivity index (χ1) is 9.69. The van der Waals surface area contributed by atoms with Crippen LogP contribution in [0.5, 0.6) is 0 Å². The van der Waals surface area contributed by atoms with Gasteiger partial charge >= 0.3 is 8.80 Å². The van der Waals surface area contributed by atoms with Gasteiger partial charge in [-0.1, -0.05) is 16.9 Å². The van der Waals surface area contributed by atoms with Gasteiger partial charge in [-0.2, -0.15) is 0 Å². The third kappa shape index (κ3) is 2.43. The molecule has 1 saturated carbocycles. The van der Waals surface area contributed by atoms with Gasteiger partial charge in [0.1, 0.15) is 0 Å². The van der Waals surface area contributed by atoms with Crippen LogP contribution in [0.15, 0.2) is 11.0 Å². The third-order valence-electron chi connectivity index (χ3n) is 4.25. The SMILES string of the molecule is CCO[Si](OCC)(OCC)C1CC23CC1C=C2SSS3. The summed E-state index contributed by atoms with van der Waals surface area (Å²) < 4.78 is 18.7. The predicted molar refractivity (Wildman–Crippen MR) is 90.7 cm³/mol. The number of allylic oxidation sites excluding steroid dienone is 1. The van der Waals surface area contributed by atoms with Crippen molar-refractivity contribution in [1.82, 2.24) is 0 Å². The van der Waals surface area contributed by atoms with Crippen molar-refractivity contribution >= 4 is 40.2 Å². The first-order valence-corrected chi connectivity index (χ1v) is 12.6. The highest BCUT2D eigenvalue weighted by molar-refractivity contribution is 9.12. The Morgan fingerprint density at radius 2 is 1.80 bits per heavy atom. The first-order valence-electron chi connectivity index (χ1n) is 7.36. The molecule has 7 heteroatoms. The summed E-state index contributed by atoms with van der Waals surface area (Å²) in [6, 6.07) is 0. The molecule has 2 fully saturated rings. The van der Waals surface area contributed by atoms with Crippen LogP contribution in [-0.2, 0) is 13.3 Å². The molecular weight excluding hydrogens is 328 g/mol. The second-order valence-electron chi connectivity index (χ2n) is 5.34. The van der Waals surface area contributed by atoms with E-state index in [2.05, 4.69) is 6.08 Å². The van der Waals surface area contributed by atoms with Gasteiger partial charge in [0.2, 0.25) is 0 Å². The molecule has 0 aromatic carbocycles. The molecular formula is C13H22O3S3Si. The summed E-state index contributed by atoms with van der Waals surface area (Å²) in [6.07, 6.45) is 4.89. The summed E-state index contributed by atoms with van der Waals surface area (Å²) >= 11 is 0. The molecule has 114 valence electrons. The molecule has 0 radical (unpaired) electrons. The summed E-state index contributed by atoms with van der Waals surface area (Å²) in [4.78, 5) is 1.58. The fourth-order valence-electron chi connectivity index (χ4n) is 3.60. The van der Waals surface area contributed by atoms with Gasteiger partial charge in [0.05, 0.1) is 4.75 Å². The van der Waals surface area contributed by atoms with Crippen molar-refractivity contribution in [1.29, 1.82) is 0 Å². The van der Waals surface area contributed by atoms with Crippen molar-refractivity contribution in [3.63, 3.8) is 0 Å². The predicted octanol–water partition coefficient (Wildman–Crippen LogP) is 4.49. The lowest BCUT2D eigenvalue weighted by Crippen LogP contribution is -2.52. The van der Waals surface area contributed by atoms with E-state index in [0.29, 0.717) is 36.0 Å². The second-order valence-corrected chi connectivity index (χ2v) is 12.5. The van der Waals surface area contributed by atoms with Gasteiger partial charge in [-0.15, -0.1) is 0 Å².